The van der Waals surface area contributed by atoms with Crippen LogP contribution in [0.25, 0.3) is 55.2 Å². The van der Waals surface area contributed by atoms with Crippen LogP contribution in [0, 0.1) is 0 Å². The van der Waals surface area contributed by atoms with Crippen LogP contribution in [-0.4, -0.2) is 4.98 Å². The molecule has 1 aliphatic rings. The highest BCUT2D eigenvalue weighted by Gasteiger charge is 2.22. The van der Waals surface area contributed by atoms with E-state index in [2.05, 4.69) is 91.0 Å². The van der Waals surface area contributed by atoms with E-state index in [9.17, 15) is 0 Å². The van der Waals surface area contributed by atoms with E-state index in [1.54, 1.807) is 0 Å². The second kappa shape index (κ2) is 5.03. The van der Waals surface area contributed by atoms with Crippen molar-refractivity contribution in [1.29, 1.82) is 0 Å². The Hall–Kier alpha value is -3.45. The lowest BCUT2D eigenvalue weighted by Crippen LogP contribution is -1.88. The monoisotopic (exact) mass is 329 g/mol. The molecule has 5 aromatic rings. The van der Waals surface area contributed by atoms with Crippen molar-refractivity contribution in [3.63, 3.8) is 0 Å². The summed E-state index contributed by atoms with van der Waals surface area (Å²) in [6.45, 7) is 0. The van der Waals surface area contributed by atoms with Crippen molar-refractivity contribution in [3.05, 3.63) is 91.0 Å². The number of benzene rings is 4. The third-order valence-corrected chi connectivity index (χ3v) is 5.41. The average Bonchev–Trinajstić information content (AvgIpc) is 3.03. The lowest BCUT2D eigenvalue weighted by atomic mass is 9.98. The average molecular weight is 329 g/mol. The Balaban J connectivity index is 1.73. The van der Waals surface area contributed by atoms with E-state index in [0.29, 0.717) is 0 Å². The van der Waals surface area contributed by atoms with E-state index in [4.69, 9.17) is 4.98 Å². The van der Waals surface area contributed by atoms with E-state index < -0.39 is 0 Å². The molecular weight excluding hydrogens is 314 g/mol. The van der Waals surface area contributed by atoms with Gasteiger partial charge < -0.3 is 0 Å². The molecule has 0 radical (unpaired) electrons. The van der Waals surface area contributed by atoms with Crippen molar-refractivity contribution >= 4 is 21.7 Å². The third-order valence-electron chi connectivity index (χ3n) is 5.41. The molecule has 0 spiro atoms. The number of hydrogen-bond acceptors (Lipinski definition) is 1. The molecule has 1 heterocycles. The quantitative estimate of drug-likeness (QED) is 0.327. The molecule has 1 heteroatoms. The molecule has 0 bridgehead atoms. The van der Waals surface area contributed by atoms with Crippen LogP contribution in [0.4, 0.5) is 0 Å². The number of pyridine rings is 1. The third kappa shape index (κ3) is 1.77. The van der Waals surface area contributed by atoms with Gasteiger partial charge in [0.1, 0.15) is 0 Å². The molecule has 0 amide bonds. The van der Waals surface area contributed by atoms with Crippen molar-refractivity contribution in [3.8, 4) is 33.5 Å². The first-order chi connectivity index (χ1) is 12.9. The normalized spacial score (nSPS) is 11.8. The second-order valence-corrected chi connectivity index (χ2v) is 6.83. The topological polar surface area (TPSA) is 12.9 Å². The standard InChI is InChI=1S/C25H15N/c1-2-9-17-16(7-1)8-5-12-20(17)24-15-22-19-11-4-3-10-18(19)21-13-6-14-23(26-24)25(21)22/h1-15H. The maximum atomic E-state index is 5.04. The van der Waals surface area contributed by atoms with Crippen LogP contribution in [0.15, 0.2) is 91.0 Å². The first-order valence-corrected chi connectivity index (χ1v) is 8.92. The molecule has 1 aromatic heterocycles. The minimum absolute atomic E-state index is 1.04. The zero-order valence-corrected chi connectivity index (χ0v) is 14.1. The van der Waals surface area contributed by atoms with Crippen molar-refractivity contribution < 1.29 is 0 Å². The summed E-state index contributed by atoms with van der Waals surface area (Å²) < 4.78 is 0. The summed E-state index contributed by atoms with van der Waals surface area (Å²) in [6, 6.07) is 32.3. The Morgan fingerprint density at radius 2 is 1.15 bits per heavy atom. The number of rotatable bonds is 1. The molecule has 0 fully saturated rings. The van der Waals surface area contributed by atoms with Gasteiger partial charge in [-0.1, -0.05) is 78.9 Å². The highest BCUT2D eigenvalue weighted by Crippen LogP contribution is 2.47. The zero-order chi connectivity index (χ0) is 17.1. The molecule has 0 saturated heterocycles. The first kappa shape index (κ1) is 13.8. The summed E-state index contributed by atoms with van der Waals surface area (Å²) in [5, 5.41) is 3.77. The second-order valence-electron chi connectivity index (χ2n) is 6.83. The van der Waals surface area contributed by atoms with E-state index in [-0.39, 0.29) is 0 Å². The minimum atomic E-state index is 1.04. The molecule has 6 rings (SSSR count). The fourth-order valence-corrected chi connectivity index (χ4v) is 4.26. The Morgan fingerprint density at radius 3 is 2.08 bits per heavy atom. The lowest BCUT2D eigenvalue weighted by molar-refractivity contribution is 1.41. The van der Waals surface area contributed by atoms with Crippen LogP contribution in [0.3, 0.4) is 0 Å². The van der Waals surface area contributed by atoms with Gasteiger partial charge in [0.15, 0.2) is 0 Å². The Bertz CT molecular complexity index is 1330. The first-order valence-electron chi connectivity index (χ1n) is 8.92. The summed E-state index contributed by atoms with van der Waals surface area (Å²) in [5.41, 5.74) is 8.51. The van der Waals surface area contributed by atoms with E-state index in [1.807, 2.05) is 0 Å². The van der Waals surface area contributed by atoms with E-state index in [0.717, 1.165) is 11.2 Å². The maximum Gasteiger partial charge on any atom is 0.0722 e. The van der Waals surface area contributed by atoms with Gasteiger partial charge in [-0.15, -0.1) is 0 Å². The largest absolute Gasteiger partial charge is 0.248 e. The number of fused-ring (bicyclic) bond motifs is 4. The molecule has 120 valence electrons. The highest BCUT2D eigenvalue weighted by atomic mass is 14.7. The minimum Gasteiger partial charge on any atom is -0.248 e. The molecule has 0 aliphatic heterocycles. The van der Waals surface area contributed by atoms with E-state index in [1.165, 1.54) is 44.0 Å². The van der Waals surface area contributed by atoms with Crippen LogP contribution in [0.1, 0.15) is 0 Å². The van der Waals surface area contributed by atoms with Crippen LogP contribution < -0.4 is 0 Å². The van der Waals surface area contributed by atoms with Gasteiger partial charge in [-0.2, -0.15) is 0 Å². The predicted octanol–water partition coefficient (Wildman–Crippen LogP) is 6.70. The van der Waals surface area contributed by atoms with Gasteiger partial charge in [0.05, 0.1) is 11.2 Å². The van der Waals surface area contributed by atoms with Crippen LogP contribution in [-0.2, 0) is 0 Å². The molecule has 0 unspecified atom stereocenters. The summed E-state index contributed by atoms with van der Waals surface area (Å²) in [7, 11) is 0. The van der Waals surface area contributed by atoms with Gasteiger partial charge in [0.2, 0.25) is 0 Å². The van der Waals surface area contributed by atoms with E-state index >= 15 is 0 Å². The summed E-state index contributed by atoms with van der Waals surface area (Å²) in [5.74, 6) is 0. The summed E-state index contributed by atoms with van der Waals surface area (Å²) >= 11 is 0. The Labute approximate surface area is 151 Å². The number of hydrogen-bond donors (Lipinski definition) is 0. The molecule has 0 N–H and O–H groups in total. The van der Waals surface area contributed by atoms with Crippen molar-refractivity contribution in [2.45, 2.75) is 0 Å². The van der Waals surface area contributed by atoms with Gasteiger partial charge in [0, 0.05) is 10.9 Å². The number of aromatic nitrogens is 1. The van der Waals surface area contributed by atoms with Crippen LogP contribution >= 0.6 is 0 Å². The molecule has 26 heavy (non-hydrogen) atoms. The smallest absolute Gasteiger partial charge is 0.0722 e. The molecule has 0 saturated carbocycles. The van der Waals surface area contributed by atoms with Crippen molar-refractivity contribution in [2.24, 2.45) is 0 Å². The number of nitrogens with zero attached hydrogens (tertiary/aromatic N) is 1. The zero-order valence-electron chi connectivity index (χ0n) is 14.1. The fraction of sp³-hybridized carbons (Fsp3) is 0. The molecule has 1 aliphatic carbocycles. The van der Waals surface area contributed by atoms with Crippen molar-refractivity contribution in [1.82, 2.24) is 4.98 Å². The van der Waals surface area contributed by atoms with Gasteiger partial charge in [0.25, 0.3) is 0 Å². The Kier molecular flexibility index (Phi) is 2.67. The Morgan fingerprint density at radius 1 is 0.500 bits per heavy atom. The summed E-state index contributed by atoms with van der Waals surface area (Å²) in [6.07, 6.45) is 0. The molecule has 0 atom stereocenters. The van der Waals surface area contributed by atoms with Gasteiger partial charge in [-0.3, -0.25) is 0 Å². The highest BCUT2D eigenvalue weighted by molar-refractivity contribution is 6.15. The lowest BCUT2D eigenvalue weighted by Gasteiger charge is -2.09. The predicted molar refractivity (Wildman–Crippen MR) is 109 cm³/mol. The maximum absolute atomic E-state index is 5.04. The van der Waals surface area contributed by atoms with Gasteiger partial charge >= 0.3 is 0 Å². The molecule has 4 aromatic carbocycles. The van der Waals surface area contributed by atoms with Gasteiger partial charge in [-0.25, -0.2) is 4.98 Å². The summed E-state index contributed by atoms with van der Waals surface area (Å²) in [4.78, 5) is 5.04. The van der Waals surface area contributed by atoms with Crippen LogP contribution in [0.2, 0.25) is 0 Å². The fourth-order valence-electron chi connectivity index (χ4n) is 4.26. The van der Waals surface area contributed by atoms with Crippen LogP contribution in [0.5, 0.6) is 0 Å². The van der Waals surface area contributed by atoms with Crippen molar-refractivity contribution in [2.75, 3.05) is 0 Å². The molecule has 1 nitrogen and oxygen atoms in total. The molecular formula is C25H15N. The SMILES string of the molecule is c1ccc2c(c1)-c1cccc3nc(-c4cccc5ccccc45)cc-2c13. The van der Waals surface area contributed by atoms with Gasteiger partial charge in [-0.05, 0) is 45.2 Å².